The maximum atomic E-state index is 13.2. The number of esters is 1. The Morgan fingerprint density at radius 1 is 1.03 bits per heavy atom. The molecule has 2 heterocycles. The van der Waals surface area contributed by atoms with Gasteiger partial charge in [0.05, 0.1) is 16.5 Å². The highest BCUT2D eigenvalue weighted by atomic mass is 19.2. The van der Waals surface area contributed by atoms with E-state index in [9.17, 15) is 23.2 Å². The van der Waals surface area contributed by atoms with E-state index in [1.54, 1.807) is 4.57 Å². The topological polar surface area (TPSA) is 90.3 Å². The molecule has 1 aliphatic rings. The van der Waals surface area contributed by atoms with Gasteiger partial charge in [-0.25, -0.2) is 18.6 Å². The monoisotopic (exact) mass is 441 g/mol. The fourth-order valence-electron chi connectivity index (χ4n) is 3.71. The third-order valence-electron chi connectivity index (χ3n) is 5.34. The Labute approximate surface area is 182 Å². The summed E-state index contributed by atoms with van der Waals surface area (Å²) in [5.74, 6) is -2.90. The molecule has 3 aromatic rings. The number of halogens is 2. The van der Waals surface area contributed by atoms with E-state index in [0.29, 0.717) is 29.7 Å². The van der Waals surface area contributed by atoms with E-state index in [0.717, 1.165) is 37.8 Å². The van der Waals surface area contributed by atoms with Gasteiger partial charge in [-0.15, -0.1) is 0 Å². The summed E-state index contributed by atoms with van der Waals surface area (Å²) in [4.78, 5) is 41.8. The molecule has 7 nitrogen and oxygen atoms in total. The minimum atomic E-state index is -1.10. The lowest BCUT2D eigenvalue weighted by Gasteiger charge is -2.16. The molecule has 4 rings (SSSR count). The summed E-state index contributed by atoms with van der Waals surface area (Å²) in [7, 11) is 0. The molecule has 1 aliphatic heterocycles. The normalized spacial score (nSPS) is 13.7. The van der Waals surface area contributed by atoms with E-state index in [1.807, 2.05) is 0 Å². The van der Waals surface area contributed by atoms with Crippen LogP contribution in [0.3, 0.4) is 0 Å². The number of fused-ring (bicyclic) bond motifs is 2. The predicted molar refractivity (Wildman–Crippen MR) is 113 cm³/mol. The summed E-state index contributed by atoms with van der Waals surface area (Å²) >= 11 is 0. The van der Waals surface area contributed by atoms with E-state index in [-0.39, 0.29) is 16.8 Å². The molecule has 2 aromatic carbocycles. The van der Waals surface area contributed by atoms with Crippen molar-refractivity contribution < 1.29 is 23.1 Å². The smallest absolute Gasteiger partial charge is 0.338 e. The first-order chi connectivity index (χ1) is 15.4. The quantitative estimate of drug-likeness (QED) is 0.625. The number of amides is 1. The van der Waals surface area contributed by atoms with Crippen molar-refractivity contribution in [1.82, 2.24) is 9.55 Å². The fraction of sp³-hybridized carbons (Fsp3) is 0.304. The van der Waals surface area contributed by atoms with Crippen LogP contribution < -0.4 is 10.9 Å². The van der Waals surface area contributed by atoms with Crippen LogP contribution >= 0.6 is 0 Å². The number of benzene rings is 2. The summed E-state index contributed by atoms with van der Waals surface area (Å²) in [6.45, 7) is 0.0180. The first-order valence-corrected chi connectivity index (χ1v) is 10.4. The summed E-state index contributed by atoms with van der Waals surface area (Å²) in [5, 5.41) is 2.74. The Morgan fingerprint density at radius 3 is 2.66 bits per heavy atom. The highest BCUT2D eigenvalue weighted by Crippen LogP contribution is 2.17. The first kappa shape index (κ1) is 21.6. The van der Waals surface area contributed by atoms with E-state index in [2.05, 4.69) is 10.3 Å². The highest BCUT2D eigenvalue weighted by molar-refractivity contribution is 5.97. The number of nitrogens with zero attached hydrogens (tertiary/aromatic N) is 2. The number of carbonyl (C=O) groups excluding carboxylic acids is 2. The Hall–Kier alpha value is -3.62. The zero-order valence-electron chi connectivity index (χ0n) is 17.2. The Bertz CT molecular complexity index is 1260. The van der Waals surface area contributed by atoms with Gasteiger partial charge in [-0.2, -0.15) is 0 Å². The van der Waals surface area contributed by atoms with Crippen LogP contribution in [0.25, 0.3) is 10.9 Å². The van der Waals surface area contributed by atoms with Crippen molar-refractivity contribution in [3.63, 3.8) is 0 Å². The summed E-state index contributed by atoms with van der Waals surface area (Å²) < 4.78 is 32.9. The molecule has 1 amide bonds. The first-order valence-electron chi connectivity index (χ1n) is 10.4. The molecular formula is C23H21F2N3O4. The van der Waals surface area contributed by atoms with Gasteiger partial charge in [0.15, 0.2) is 18.2 Å². The molecule has 0 atom stereocenters. The van der Waals surface area contributed by atoms with Crippen LogP contribution in [0, 0.1) is 11.6 Å². The second-order valence-electron chi connectivity index (χ2n) is 7.63. The van der Waals surface area contributed by atoms with Crippen LogP contribution in [0.15, 0.2) is 41.2 Å². The van der Waals surface area contributed by atoms with Crippen molar-refractivity contribution in [3.8, 4) is 0 Å². The molecule has 0 saturated carbocycles. The number of aromatic nitrogens is 2. The van der Waals surface area contributed by atoms with Crippen LogP contribution in [0.1, 0.15) is 41.9 Å². The van der Waals surface area contributed by atoms with Gasteiger partial charge in [0, 0.05) is 24.7 Å². The van der Waals surface area contributed by atoms with Gasteiger partial charge < -0.3 is 10.1 Å². The van der Waals surface area contributed by atoms with E-state index in [1.165, 1.54) is 24.3 Å². The Balaban J connectivity index is 1.47. The van der Waals surface area contributed by atoms with Crippen LogP contribution in [-0.2, 0) is 22.5 Å². The lowest BCUT2D eigenvalue weighted by atomic mass is 10.1. The summed E-state index contributed by atoms with van der Waals surface area (Å²) in [6, 6.07) is 7.37. The number of ether oxygens (including phenoxy) is 1. The number of hydrogen-bond acceptors (Lipinski definition) is 5. The van der Waals surface area contributed by atoms with Gasteiger partial charge >= 0.3 is 5.97 Å². The minimum absolute atomic E-state index is 0.0387. The molecule has 0 fully saturated rings. The second-order valence-corrected chi connectivity index (χ2v) is 7.63. The summed E-state index contributed by atoms with van der Waals surface area (Å²) in [5.41, 5.74) is 0.470. The standard InChI is InChI=1S/C23H21F2N3O4/c24-17-9-7-15(12-18(17)25)26-21(29)13-32-23(31)14-6-8-16-19(11-14)27-20-5-3-1-2-4-10-28(20)22(16)30/h6-9,11-12H,1-5,10,13H2,(H,26,29). The third kappa shape index (κ3) is 4.66. The third-order valence-corrected chi connectivity index (χ3v) is 5.34. The number of aryl methyl sites for hydroxylation is 1. The zero-order valence-corrected chi connectivity index (χ0v) is 17.2. The van der Waals surface area contributed by atoms with Crippen molar-refractivity contribution in [2.45, 2.75) is 38.6 Å². The molecule has 0 aliphatic carbocycles. The number of rotatable bonds is 4. The lowest BCUT2D eigenvalue weighted by Crippen LogP contribution is -2.26. The molecule has 0 bridgehead atoms. The number of hydrogen-bond donors (Lipinski definition) is 1. The predicted octanol–water partition coefficient (Wildman–Crippen LogP) is 3.59. The fourth-order valence-corrected chi connectivity index (χ4v) is 3.71. The maximum absolute atomic E-state index is 13.2. The van der Waals surface area contributed by atoms with Gasteiger partial charge in [-0.1, -0.05) is 12.8 Å². The van der Waals surface area contributed by atoms with Crippen molar-refractivity contribution in [2.75, 3.05) is 11.9 Å². The molecule has 0 saturated heterocycles. The van der Waals surface area contributed by atoms with Crippen LogP contribution in [0.5, 0.6) is 0 Å². The molecule has 0 radical (unpaired) electrons. The van der Waals surface area contributed by atoms with Crippen LogP contribution in [0.4, 0.5) is 14.5 Å². The second kappa shape index (κ2) is 9.25. The Morgan fingerprint density at radius 2 is 1.84 bits per heavy atom. The number of nitrogens with one attached hydrogen (secondary N) is 1. The van der Waals surface area contributed by atoms with Crippen molar-refractivity contribution in [1.29, 1.82) is 0 Å². The van der Waals surface area contributed by atoms with E-state index >= 15 is 0 Å². The maximum Gasteiger partial charge on any atom is 0.338 e. The molecule has 0 unspecified atom stereocenters. The van der Waals surface area contributed by atoms with Gasteiger partial charge in [0.1, 0.15) is 5.82 Å². The summed E-state index contributed by atoms with van der Waals surface area (Å²) in [6.07, 6.45) is 4.75. The molecule has 166 valence electrons. The Kier molecular flexibility index (Phi) is 6.25. The average Bonchev–Trinajstić information content (AvgIpc) is 2.75. The molecule has 1 N–H and O–H groups in total. The van der Waals surface area contributed by atoms with Gasteiger partial charge in [-0.3, -0.25) is 14.2 Å². The molecule has 1 aromatic heterocycles. The number of carbonyl (C=O) groups is 2. The average molecular weight is 441 g/mol. The zero-order chi connectivity index (χ0) is 22.7. The van der Waals surface area contributed by atoms with E-state index in [4.69, 9.17) is 4.74 Å². The van der Waals surface area contributed by atoms with Crippen LogP contribution in [0.2, 0.25) is 0 Å². The van der Waals surface area contributed by atoms with Crippen molar-refractivity contribution in [3.05, 3.63) is 69.8 Å². The lowest BCUT2D eigenvalue weighted by molar-refractivity contribution is -0.119. The van der Waals surface area contributed by atoms with Gasteiger partial charge in [0.25, 0.3) is 11.5 Å². The molecule has 32 heavy (non-hydrogen) atoms. The van der Waals surface area contributed by atoms with Crippen molar-refractivity contribution in [2.24, 2.45) is 0 Å². The minimum Gasteiger partial charge on any atom is -0.452 e. The van der Waals surface area contributed by atoms with Crippen molar-refractivity contribution >= 4 is 28.5 Å². The molecular weight excluding hydrogens is 420 g/mol. The number of anilines is 1. The van der Waals surface area contributed by atoms with Gasteiger partial charge in [-0.05, 0) is 43.2 Å². The highest BCUT2D eigenvalue weighted by Gasteiger charge is 2.16. The van der Waals surface area contributed by atoms with Crippen LogP contribution in [-0.4, -0.2) is 28.0 Å². The SMILES string of the molecule is O=C(COC(=O)c1ccc2c(=O)n3c(nc2c1)CCCCCC3)Nc1ccc(F)c(F)c1. The molecule has 9 heteroatoms. The van der Waals surface area contributed by atoms with Gasteiger partial charge in [0.2, 0.25) is 0 Å². The van der Waals surface area contributed by atoms with E-state index < -0.39 is 30.1 Å². The largest absolute Gasteiger partial charge is 0.452 e. The molecule has 0 spiro atoms.